The Morgan fingerprint density at radius 2 is 1.48 bits per heavy atom. The van der Waals surface area contributed by atoms with E-state index in [0.29, 0.717) is 6.61 Å². The van der Waals surface area contributed by atoms with Crippen LogP contribution >= 0.6 is 0 Å². The van der Waals surface area contributed by atoms with Gasteiger partial charge in [-0.15, -0.1) is 0 Å². The second-order valence-electron chi connectivity index (χ2n) is 7.78. The van der Waals surface area contributed by atoms with Gasteiger partial charge in [0.15, 0.2) is 5.90 Å². The number of hydrogen-bond acceptors (Lipinski definition) is 3. The molecule has 0 aliphatic carbocycles. The number of aliphatic hydroxyl groups excluding tert-OH is 1. The van der Waals surface area contributed by atoms with E-state index in [1.165, 1.54) is 77.0 Å². The molecule has 0 spiro atoms. The Morgan fingerprint density at radius 3 is 2.04 bits per heavy atom. The molecule has 1 N–H and O–H groups in total. The van der Waals surface area contributed by atoms with Gasteiger partial charge in [-0.3, -0.25) is 0 Å². The molecule has 146 valence electrons. The maximum absolute atomic E-state index is 9.25. The standard InChI is InChI=1S/C22H41NO2/c1-3-4-5-6-7-8-9-10-11-12-13-14-15-16-17-18-21-23-22(2,19-24)20-25-21/h10-11,24H,3-9,12-20H2,1-2H3/b11-10-. The molecule has 1 aliphatic heterocycles. The fourth-order valence-corrected chi connectivity index (χ4v) is 3.16. The van der Waals surface area contributed by atoms with Crippen molar-refractivity contribution < 1.29 is 9.84 Å². The molecular weight excluding hydrogens is 310 g/mol. The molecular formula is C22H41NO2. The zero-order valence-electron chi connectivity index (χ0n) is 16.8. The van der Waals surface area contributed by atoms with Crippen molar-refractivity contribution in [3.63, 3.8) is 0 Å². The lowest BCUT2D eigenvalue weighted by Crippen LogP contribution is -2.28. The van der Waals surface area contributed by atoms with Crippen LogP contribution in [0.4, 0.5) is 0 Å². The van der Waals surface area contributed by atoms with Gasteiger partial charge in [0.05, 0.1) is 6.61 Å². The van der Waals surface area contributed by atoms with Gasteiger partial charge >= 0.3 is 0 Å². The summed E-state index contributed by atoms with van der Waals surface area (Å²) in [6, 6.07) is 0. The molecule has 0 amide bonds. The summed E-state index contributed by atoms with van der Waals surface area (Å²) in [5.74, 6) is 0.842. The average Bonchev–Trinajstić information content (AvgIpc) is 3.00. The lowest BCUT2D eigenvalue weighted by molar-refractivity contribution is 0.169. The lowest BCUT2D eigenvalue weighted by Gasteiger charge is -2.12. The van der Waals surface area contributed by atoms with Crippen molar-refractivity contribution in [3.05, 3.63) is 12.2 Å². The van der Waals surface area contributed by atoms with Crippen LogP contribution in [0.2, 0.25) is 0 Å². The number of ether oxygens (including phenoxy) is 1. The summed E-state index contributed by atoms with van der Waals surface area (Å²) < 4.78 is 5.56. The molecule has 1 aliphatic rings. The van der Waals surface area contributed by atoms with Gasteiger partial charge in [-0.2, -0.15) is 0 Å². The minimum absolute atomic E-state index is 0.0723. The molecule has 3 nitrogen and oxygen atoms in total. The van der Waals surface area contributed by atoms with Crippen molar-refractivity contribution in [2.45, 2.75) is 109 Å². The summed E-state index contributed by atoms with van der Waals surface area (Å²) in [5, 5.41) is 9.25. The Bertz CT molecular complexity index is 378. The van der Waals surface area contributed by atoms with Crippen LogP contribution in [0.5, 0.6) is 0 Å². The van der Waals surface area contributed by atoms with Gasteiger partial charge < -0.3 is 9.84 Å². The number of unbranched alkanes of at least 4 members (excludes halogenated alkanes) is 11. The van der Waals surface area contributed by atoms with Crippen molar-refractivity contribution in [1.29, 1.82) is 0 Å². The maximum Gasteiger partial charge on any atom is 0.184 e. The minimum atomic E-state index is -0.392. The highest BCUT2D eigenvalue weighted by molar-refractivity contribution is 5.78. The summed E-state index contributed by atoms with van der Waals surface area (Å²) in [4.78, 5) is 4.48. The van der Waals surface area contributed by atoms with E-state index < -0.39 is 5.54 Å². The van der Waals surface area contributed by atoms with Gasteiger partial charge in [0.2, 0.25) is 0 Å². The third-order valence-corrected chi connectivity index (χ3v) is 4.94. The molecule has 25 heavy (non-hydrogen) atoms. The van der Waals surface area contributed by atoms with Crippen molar-refractivity contribution in [2.24, 2.45) is 4.99 Å². The number of allylic oxidation sites excluding steroid dienone is 2. The molecule has 0 fully saturated rings. The first-order valence-corrected chi connectivity index (χ1v) is 10.7. The van der Waals surface area contributed by atoms with Crippen LogP contribution in [0.1, 0.15) is 104 Å². The van der Waals surface area contributed by atoms with Gasteiger partial charge in [-0.25, -0.2) is 4.99 Å². The van der Waals surface area contributed by atoms with Crippen LogP contribution in [-0.4, -0.2) is 29.8 Å². The van der Waals surface area contributed by atoms with Gasteiger partial charge in [0.25, 0.3) is 0 Å². The number of aliphatic hydroxyl groups is 1. The summed E-state index contributed by atoms with van der Waals surface area (Å²) in [7, 11) is 0. The van der Waals surface area contributed by atoms with Gasteiger partial charge in [0, 0.05) is 6.42 Å². The van der Waals surface area contributed by atoms with Crippen molar-refractivity contribution in [2.75, 3.05) is 13.2 Å². The molecule has 1 heterocycles. The first kappa shape index (κ1) is 22.2. The SMILES string of the molecule is CCCCCCCC/C=C\CCCCCCCC1=NC(C)(CO)CO1. The Labute approximate surface area is 156 Å². The Balaban J connectivity index is 1.83. The molecule has 1 atom stereocenters. The molecule has 0 aromatic heterocycles. The number of rotatable bonds is 16. The van der Waals surface area contributed by atoms with E-state index in [1.54, 1.807) is 0 Å². The van der Waals surface area contributed by atoms with Gasteiger partial charge in [0.1, 0.15) is 12.1 Å². The minimum Gasteiger partial charge on any atom is -0.478 e. The van der Waals surface area contributed by atoms with Crippen molar-refractivity contribution >= 4 is 5.90 Å². The van der Waals surface area contributed by atoms with Crippen LogP contribution in [0.3, 0.4) is 0 Å². The summed E-state index contributed by atoms with van der Waals surface area (Å²) in [6.07, 6.45) is 22.9. The second kappa shape index (κ2) is 14.4. The molecule has 0 aromatic rings. The monoisotopic (exact) mass is 351 g/mol. The van der Waals surface area contributed by atoms with E-state index in [0.717, 1.165) is 18.7 Å². The molecule has 3 heteroatoms. The summed E-state index contributed by atoms with van der Waals surface area (Å²) >= 11 is 0. The smallest absolute Gasteiger partial charge is 0.184 e. The van der Waals surface area contributed by atoms with E-state index in [2.05, 4.69) is 24.1 Å². The lowest BCUT2D eigenvalue weighted by atomic mass is 10.1. The second-order valence-corrected chi connectivity index (χ2v) is 7.78. The highest BCUT2D eigenvalue weighted by atomic mass is 16.5. The van der Waals surface area contributed by atoms with Crippen molar-refractivity contribution in [1.82, 2.24) is 0 Å². The Morgan fingerprint density at radius 1 is 0.920 bits per heavy atom. The van der Waals surface area contributed by atoms with E-state index in [4.69, 9.17) is 4.74 Å². The molecule has 0 saturated heterocycles. The third-order valence-electron chi connectivity index (χ3n) is 4.94. The maximum atomic E-state index is 9.25. The van der Waals surface area contributed by atoms with Crippen molar-refractivity contribution in [3.8, 4) is 0 Å². The predicted molar refractivity (Wildman–Crippen MR) is 108 cm³/mol. The molecule has 0 saturated carbocycles. The van der Waals surface area contributed by atoms with Crippen LogP contribution in [0.25, 0.3) is 0 Å². The largest absolute Gasteiger partial charge is 0.478 e. The topological polar surface area (TPSA) is 41.8 Å². The number of nitrogens with zero attached hydrogens (tertiary/aromatic N) is 1. The van der Waals surface area contributed by atoms with E-state index in [9.17, 15) is 5.11 Å². The summed E-state index contributed by atoms with van der Waals surface area (Å²) in [5.41, 5.74) is -0.392. The molecule has 1 rings (SSSR count). The summed E-state index contributed by atoms with van der Waals surface area (Å²) in [6.45, 7) is 4.82. The number of aliphatic imine (C=N–C) groups is 1. The van der Waals surface area contributed by atoms with E-state index in [1.807, 2.05) is 6.92 Å². The average molecular weight is 352 g/mol. The van der Waals surface area contributed by atoms with Crippen LogP contribution in [-0.2, 0) is 4.74 Å². The zero-order chi connectivity index (χ0) is 18.2. The molecule has 0 bridgehead atoms. The normalized spacial score (nSPS) is 20.2. The first-order chi connectivity index (χ1) is 12.2. The molecule has 0 radical (unpaired) electrons. The highest BCUT2D eigenvalue weighted by Gasteiger charge is 2.30. The van der Waals surface area contributed by atoms with Gasteiger partial charge in [-0.05, 0) is 39.0 Å². The predicted octanol–water partition coefficient (Wildman–Crippen LogP) is 6.20. The van der Waals surface area contributed by atoms with Crippen LogP contribution in [0.15, 0.2) is 17.1 Å². The third kappa shape index (κ3) is 11.4. The fraction of sp³-hybridized carbons (Fsp3) is 0.864. The Kier molecular flexibility index (Phi) is 12.8. The van der Waals surface area contributed by atoms with E-state index in [-0.39, 0.29) is 6.61 Å². The van der Waals surface area contributed by atoms with Crippen LogP contribution in [0, 0.1) is 0 Å². The zero-order valence-corrected chi connectivity index (χ0v) is 16.8. The molecule has 0 aromatic carbocycles. The Hall–Kier alpha value is -0.830. The highest BCUT2D eigenvalue weighted by Crippen LogP contribution is 2.20. The van der Waals surface area contributed by atoms with Crippen LogP contribution < -0.4 is 0 Å². The number of hydrogen-bond donors (Lipinski definition) is 1. The quantitative estimate of drug-likeness (QED) is 0.265. The van der Waals surface area contributed by atoms with E-state index >= 15 is 0 Å². The molecule has 1 unspecified atom stereocenters. The first-order valence-electron chi connectivity index (χ1n) is 10.7. The fourth-order valence-electron chi connectivity index (χ4n) is 3.16. The van der Waals surface area contributed by atoms with Gasteiger partial charge in [-0.1, -0.05) is 70.4 Å².